The number of anilines is 1. The molecule has 0 radical (unpaired) electrons. The van der Waals surface area contributed by atoms with Crippen molar-refractivity contribution in [3.05, 3.63) is 36.4 Å². The normalized spacial score (nSPS) is 12.3. The summed E-state index contributed by atoms with van der Waals surface area (Å²) in [6.45, 7) is 1.52. The monoisotopic (exact) mass is 321 g/mol. The topological polar surface area (TPSA) is 53.6 Å². The standard InChI is InChI=1S/C16H23N3O2S/c1-17-11-6-12-18-22(20)21-16-10-5-7-13-14(16)8-4-9-15(13)19(2)3/h4-5,7-10,17-18H,6,11-12H2,1-3H3. The molecular weight excluding hydrogens is 298 g/mol. The SMILES string of the molecule is CNCCCNS(=O)Oc1cccc2c(N(C)C)cccc12. The number of nitrogens with zero attached hydrogens (tertiary/aromatic N) is 1. The number of hydrogen-bond acceptors (Lipinski definition) is 4. The lowest BCUT2D eigenvalue weighted by Gasteiger charge is -2.16. The first-order valence-corrected chi connectivity index (χ1v) is 8.38. The molecule has 6 heteroatoms. The molecule has 0 fully saturated rings. The molecular formula is C16H23N3O2S. The number of hydrogen-bond donors (Lipinski definition) is 2. The van der Waals surface area contributed by atoms with Crippen LogP contribution in [-0.4, -0.2) is 38.4 Å². The summed E-state index contributed by atoms with van der Waals surface area (Å²) in [5, 5.41) is 5.09. The fourth-order valence-electron chi connectivity index (χ4n) is 2.26. The predicted octanol–water partition coefficient (Wildman–Crippen LogP) is 2.06. The van der Waals surface area contributed by atoms with Crippen LogP contribution in [0.2, 0.25) is 0 Å². The third-order valence-corrected chi connectivity index (χ3v) is 4.10. The summed E-state index contributed by atoms with van der Waals surface area (Å²) in [5.41, 5.74) is 1.11. The quantitative estimate of drug-likeness (QED) is 0.731. The van der Waals surface area contributed by atoms with Gasteiger partial charge in [0.2, 0.25) is 0 Å². The molecule has 0 aliphatic rings. The van der Waals surface area contributed by atoms with Gasteiger partial charge in [-0.05, 0) is 32.1 Å². The summed E-state index contributed by atoms with van der Waals surface area (Å²) in [6, 6.07) is 11.8. The Hall–Kier alpha value is -1.63. The zero-order chi connectivity index (χ0) is 15.9. The van der Waals surface area contributed by atoms with Crippen molar-refractivity contribution in [1.29, 1.82) is 0 Å². The molecule has 0 spiro atoms. The highest BCUT2D eigenvalue weighted by molar-refractivity contribution is 7.78. The average Bonchev–Trinajstić information content (AvgIpc) is 2.51. The minimum Gasteiger partial charge on any atom is -0.388 e. The smallest absolute Gasteiger partial charge is 0.288 e. The molecule has 22 heavy (non-hydrogen) atoms. The van der Waals surface area contributed by atoms with Gasteiger partial charge in [-0.25, -0.2) is 4.72 Å². The first kappa shape index (κ1) is 16.7. The zero-order valence-electron chi connectivity index (χ0n) is 13.3. The van der Waals surface area contributed by atoms with Crippen molar-refractivity contribution >= 4 is 27.7 Å². The van der Waals surface area contributed by atoms with Crippen molar-refractivity contribution in [2.45, 2.75) is 6.42 Å². The molecule has 2 rings (SSSR count). The fourth-order valence-corrected chi connectivity index (χ4v) is 2.94. The van der Waals surface area contributed by atoms with Crippen LogP contribution in [0, 0.1) is 0 Å². The van der Waals surface area contributed by atoms with E-state index in [2.05, 4.69) is 21.0 Å². The molecule has 2 aromatic carbocycles. The van der Waals surface area contributed by atoms with Gasteiger partial charge in [0, 0.05) is 37.1 Å². The molecule has 2 N–H and O–H groups in total. The van der Waals surface area contributed by atoms with E-state index in [1.165, 1.54) is 0 Å². The van der Waals surface area contributed by atoms with Crippen molar-refractivity contribution in [1.82, 2.24) is 10.0 Å². The van der Waals surface area contributed by atoms with E-state index >= 15 is 0 Å². The number of nitrogens with one attached hydrogen (secondary N) is 2. The van der Waals surface area contributed by atoms with Crippen molar-refractivity contribution in [3.63, 3.8) is 0 Å². The second-order valence-corrected chi connectivity index (χ2v) is 6.12. The van der Waals surface area contributed by atoms with Crippen LogP contribution in [0.4, 0.5) is 5.69 Å². The molecule has 0 aliphatic carbocycles. The Morgan fingerprint density at radius 3 is 2.55 bits per heavy atom. The summed E-state index contributed by atoms with van der Waals surface area (Å²) in [7, 11) is 5.90. The van der Waals surface area contributed by atoms with Crippen molar-refractivity contribution < 1.29 is 8.39 Å². The maximum Gasteiger partial charge on any atom is 0.288 e. The third kappa shape index (κ3) is 4.19. The highest BCUT2D eigenvalue weighted by atomic mass is 32.2. The summed E-state index contributed by atoms with van der Waals surface area (Å²) < 4.78 is 20.4. The number of fused-ring (bicyclic) bond motifs is 1. The van der Waals surface area contributed by atoms with Gasteiger partial charge < -0.3 is 14.4 Å². The predicted molar refractivity (Wildman–Crippen MR) is 93.6 cm³/mol. The second-order valence-electron chi connectivity index (χ2n) is 5.19. The molecule has 5 nitrogen and oxygen atoms in total. The molecule has 0 aromatic heterocycles. The lowest BCUT2D eigenvalue weighted by Crippen LogP contribution is -2.25. The Balaban J connectivity index is 2.15. The average molecular weight is 321 g/mol. The minimum atomic E-state index is -1.54. The van der Waals surface area contributed by atoms with Gasteiger partial charge in [0.15, 0.2) is 0 Å². The van der Waals surface area contributed by atoms with E-state index in [1.54, 1.807) is 0 Å². The molecule has 2 aromatic rings. The lowest BCUT2D eigenvalue weighted by atomic mass is 10.1. The van der Waals surface area contributed by atoms with Gasteiger partial charge in [0.05, 0.1) is 0 Å². The van der Waals surface area contributed by atoms with E-state index in [4.69, 9.17) is 4.18 Å². The Bertz CT molecular complexity index is 646. The van der Waals surface area contributed by atoms with E-state index in [1.807, 2.05) is 51.5 Å². The van der Waals surface area contributed by atoms with Gasteiger partial charge in [-0.3, -0.25) is 0 Å². The molecule has 0 heterocycles. The lowest BCUT2D eigenvalue weighted by molar-refractivity contribution is 0.548. The van der Waals surface area contributed by atoms with E-state index in [9.17, 15) is 4.21 Å². The van der Waals surface area contributed by atoms with Gasteiger partial charge in [0.25, 0.3) is 11.3 Å². The Labute approximate surface area is 134 Å². The third-order valence-electron chi connectivity index (χ3n) is 3.33. The van der Waals surface area contributed by atoms with Crippen LogP contribution in [-0.2, 0) is 11.3 Å². The van der Waals surface area contributed by atoms with Crippen molar-refractivity contribution in [3.8, 4) is 5.75 Å². The second kappa shape index (κ2) is 8.12. The van der Waals surface area contributed by atoms with Crippen LogP contribution in [0.5, 0.6) is 5.75 Å². The Kier molecular flexibility index (Phi) is 6.18. The number of benzene rings is 2. The van der Waals surface area contributed by atoms with Crippen LogP contribution >= 0.6 is 0 Å². The van der Waals surface area contributed by atoms with Gasteiger partial charge in [-0.2, -0.15) is 4.21 Å². The van der Waals surface area contributed by atoms with Crippen molar-refractivity contribution in [2.75, 3.05) is 39.1 Å². The summed E-state index contributed by atoms with van der Waals surface area (Å²) in [5.74, 6) is 0.626. The highest BCUT2D eigenvalue weighted by Crippen LogP contribution is 2.32. The molecule has 0 saturated carbocycles. The highest BCUT2D eigenvalue weighted by Gasteiger charge is 2.09. The van der Waals surface area contributed by atoms with Crippen LogP contribution in [0.3, 0.4) is 0 Å². The molecule has 0 amide bonds. The molecule has 0 saturated heterocycles. The first-order valence-electron chi connectivity index (χ1n) is 7.30. The van der Waals surface area contributed by atoms with Crippen LogP contribution in [0.25, 0.3) is 10.8 Å². The minimum absolute atomic E-state index is 0.626. The summed E-state index contributed by atoms with van der Waals surface area (Å²) >= 11 is -1.54. The molecule has 1 unspecified atom stereocenters. The maximum absolute atomic E-state index is 12.0. The van der Waals surface area contributed by atoms with E-state index in [0.29, 0.717) is 12.3 Å². The maximum atomic E-state index is 12.0. The zero-order valence-corrected chi connectivity index (χ0v) is 14.1. The Morgan fingerprint density at radius 1 is 1.09 bits per heavy atom. The number of rotatable bonds is 8. The summed E-state index contributed by atoms with van der Waals surface area (Å²) in [6.07, 6.45) is 0.895. The van der Waals surface area contributed by atoms with Crippen LogP contribution in [0.1, 0.15) is 6.42 Å². The van der Waals surface area contributed by atoms with Gasteiger partial charge in [-0.1, -0.05) is 24.3 Å². The molecule has 1 atom stereocenters. The fraction of sp³-hybridized carbons (Fsp3) is 0.375. The largest absolute Gasteiger partial charge is 0.388 e. The molecule has 0 bridgehead atoms. The molecule has 120 valence electrons. The molecule has 0 aliphatic heterocycles. The van der Waals surface area contributed by atoms with Gasteiger partial charge >= 0.3 is 0 Å². The van der Waals surface area contributed by atoms with Crippen LogP contribution in [0.15, 0.2) is 36.4 Å². The summed E-state index contributed by atoms with van der Waals surface area (Å²) in [4.78, 5) is 2.05. The van der Waals surface area contributed by atoms with Crippen LogP contribution < -0.4 is 19.1 Å². The van der Waals surface area contributed by atoms with Gasteiger partial charge in [0.1, 0.15) is 5.75 Å². The first-order chi connectivity index (χ1) is 10.6. The van der Waals surface area contributed by atoms with E-state index < -0.39 is 11.3 Å². The van der Waals surface area contributed by atoms with Crippen molar-refractivity contribution in [2.24, 2.45) is 0 Å². The Morgan fingerprint density at radius 2 is 1.82 bits per heavy atom. The van der Waals surface area contributed by atoms with E-state index in [-0.39, 0.29) is 0 Å². The van der Waals surface area contributed by atoms with E-state index in [0.717, 1.165) is 29.4 Å². The van der Waals surface area contributed by atoms with Gasteiger partial charge in [-0.15, -0.1) is 0 Å².